The lowest BCUT2D eigenvalue weighted by Gasteiger charge is -2.13. The zero-order chi connectivity index (χ0) is 15.4. The fourth-order valence-corrected chi connectivity index (χ4v) is 1.92. The fourth-order valence-electron chi connectivity index (χ4n) is 1.92. The molecule has 1 amide bonds. The second-order valence-electron chi connectivity index (χ2n) is 4.56. The van der Waals surface area contributed by atoms with Crippen molar-refractivity contribution in [1.29, 1.82) is 0 Å². The number of carbonyl (C=O) groups excluding carboxylic acids is 1. The first-order valence-electron chi connectivity index (χ1n) is 6.51. The minimum absolute atomic E-state index is 0.151. The van der Waals surface area contributed by atoms with E-state index in [4.69, 9.17) is 0 Å². The van der Waals surface area contributed by atoms with Crippen molar-refractivity contribution in [1.82, 2.24) is 20.5 Å². The minimum Gasteiger partial charge on any atom is -0.348 e. The highest BCUT2D eigenvalue weighted by Gasteiger charge is 2.17. The monoisotopic (exact) mass is 290 g/mol. The zero-order valence-electron chi connectivity index (χ0n) is 11.7. The Balaban J connectivity index is 2.34. The lowest BCUT2D eigenvalue weighted by Crippen LogP contribution is -2.32. The van der Waals surface area contributed by atoms with Gasteiger partial charge in [0.1, 0.15) is 5.82 Å². The molecule has 1 aromatic carbocycles. The van der Waals surface area contributed by atoms with Gasteiger partial charge >= 0.3 is 0 Å². The van der Waals surface area contributed by atoms with Crippen molar-refractivity contribution in [3.05, 3.63) is 46.1 Å². The summed E-state index contributed by atoms with van der Waals surface area (Å²) in [5, 5.41) is 10.5. The molecule has 2 N–H and O–H groups in total. The molecule has 2 rings (SSSR count). The lowest BCUT2D eigenvalue weighted by atomic mass is 10.1. The Bertz CT molecular complexity index is 697. The van der Waals surface area contributed by atoms with E-state index >= 15 is 0 Å². The van der Waals surface area contributed by atoms with Gasteiger partial charge in [0.15, 0.2) is 11.5 Å². The number of hydrogen-bond acceptors (Lipinski definition) is 4. The number of aromatic amines is 1. The summed E-state index contributed by atoms with van der Waals surface area (Å²) in [4.78, 5) is 25.8. The third kappa shape index (κ3) is 3.50. The van der Waals surface area contributed by atoms with Crippen molar-refractivity contribution >= 4 is 5.91 Å². The van der Waals surface area contributed by atoms with E-state index in [9.17, 15) is 14.0 Å². The SMILES string of the molecule is CCC(NC(C)=O)c1nnc(-c2ccc(F)cc2)[nH]c1=O. The Labute approximate surface area is 120 Å². The number of aromatic nitrogens is 3. The van der Waals surface area contributed by atoms with Crippen molar-refractivity contribution in [3.63, 3.8) is 0 Å². The van der Waals surface area contributed by atoms with Gasteiger partial charge in [-0.15, -0.1) is 10.2 Å². The molecule has 0 fully saturated rings. The molecule has 110 valence electrons. The summed E-state index contributed by atoms with van der Waals surface area (Å²) in [6, 6.07) is 5.06. The van der Waals surface area contributed by atoms with Crippen molar-refractivity contribution in [3.8, 4) is 11.4 Å². The van der Waals surface area contributed by atoms with Crippen LogP contribution in [-0.2, 0) is 4.79 Å². The standard InChI is InChI=1S/C14H15FN4O2/c1-3-11(16-8(2)20)12-14(21)17-13(19-18-12)9-4-6-10(15)7-5-9/h4-7,11H,3H2,1-2H3,(H,16,20)(H,17,19,21). The van der Waals surface area contributed by atoms with E-state index in [-0.39, 0.29) is 23.2 Å². The van der Waals surface area contributed by atoms with Gasteiger partial charge in [0.05, 0.1) is 6.04 Å². The molecule has 1 heterocycles. The van der Waals surface area contributed by atoms with Gasteiger partial charge in [0.25, 0.3) is 5.56 Å². The summed E-state index contributed by atoms with van der Waals surface area (Å²) in [6.07, 6.45) is 0.521. The molecule has 0 saturated carbocycles. The molecule has 21 heavy (non-hydrogen) atoms. The Kier molecular flexibility index (Phi) is 4.42. The number of nitrogens with zero attached hydrogens (tertiary/aromatic N) is 2. The lowest BCUT2D eigenvalue weighted by molar-refractivity contribution is -0.119. The average molecular weight is 290 g/mol. The quantitative estimate of drug-likeness (QED) is 0.894. The number of hydrogen-bond donors (Lipinski definition) is 2. The van der Waals surface area contributed by atoms with Crippen LogP contribution in [0.1, 0.15) is 32.0 Å². The van der Waals surface area contributed by atoms with Crippen molar-refractivity contribution in [2.24, 2.45) is 0 Å². The molecule has 2 aromatic rings. The van der Waals surface area contributed by atoms with Gasteiger partial charge in [-0.25, -0.2) is 4.39 Å². The van der Waals surface area contributed by atoms with Gasteiger partial charge in [-0.3, -0.25) is 9.59 Å². The Morgan fingerprint density at radius 1 is 1.33 bits per heavy atom. The molecule has 0 aliphatic heterocycles. The van der Waals surface area contributed by atoms with E-state index in [1.807, 2.05) is 6.92 Å². The van der Waals surface area contributed by atoms with Gasteiger partial charge in [-0.05, 0) is 30.7 Å². The van der Waals surface area contributed by atoms with Crippen LogP contribution in [0.15, 0.2) is 29.1 Å². The zero-order valence-corrected chi connectivity index (χ0v) is 11.7. The summed E-state index contributed by atoms with van der Waals surface area (Å²) in [5.41, 5.74) is 0.281. The minimum atomic E-state index is -0.485. The molecular formula is C14H15FN4O2. The summed E-state index contributed by atoms with van der Waals surface area (Å²) in [5.74, 6) is -0.366. The number of carbonyl (C=O) groups is 1. The van der Waals surface area contributed by atoms with Crippen LogP contribution >= 0.6 is 0 Å². The number of rotatable bonds is 4. The number of halogens is 1. The summed E-state index contributed by atoms with van der Waals surface area (Å²) in [7, 11) is 0. The number of nitrogens with one attached hydrogen (secondary N) is 2. The highest BCUT2D eigenvalue weighted by atomic mass is 19.1. The molecule has 0 bridgehead atoms. The third-order valence-electron chi connectivity index (χ3n) is 2.96. The van der Waals surface area contributed by atoms with Crippen LogP contribution in [0.2, 0.25) is 0 Å². The maximum absolute atomic E-state index is 12.9. The van der Waals surface area contributed by atoms with E-state index in [1.54, 1.807) is 0 Å². The van der Waals surface area contributed by atoms with Gasteiger partial charge < -0.3 is 10.3 Å². The highest BCUT2D eigenvalue weighted by Crippen LogP contribution is 2.14. The van der Waals surface area contributed by atoms with E-state index in [2.05, 4.69) is 20.5 Å². The highest BCUT2D eigenvalue weighted by molar-refractivity contribution is 5.73. The second kappa shape index (κ2) is 6.25. The normalized spacial score (nSPS) is 12.0. The van der Waals surface area contributed by atoms with Gasteiger partial charge in [-0.1, -0.05) is 6.92 Å². The molecule has 1 aromatic heterocycles. The van der Waals surface area contributed by atoms with Crippen molar-refractivity contribution in [2.75, 3.05) is 0 Å². The molecule has 0 aliphatic rings. The maximum Gasteiger partial charge on any atom is 0.275 e. The van der Waals surface area contributed by atoms with Crippen LogP contribution in [0, 0.1) is 5.82 Å². The molecule has 7 heteroatoms. The Morgan fingerprint density at radius 2 is 2.00 bits per heavy atom. The number of amides is 1. The first kappa shape index (κ1) is 14.8. The third-order valence-corrected chi connectivity index (χ3v) is 2.96. The van der Waals surface area contributed by atoms with E-state index in [0.717, 1.165) is 0 Å². The van der Waals surface area contributed by atoms with Gasteiger partial charge in [0, 0.05) is 12.5 Å². The van der Waals surface area contributed by atoms with Crippen LogP contribution in [-0.4, -0.2) is 21.1 Å². The second-order valence-corrected chi connectivity index (χ2v) is 4.56. The van der Waals surface area contributed by atoms with Crippen molar-refractivity contribution < 1.29 is 9.18 Å². The largest absolute Gasteiger partial charge is 0.348 e. The smallest absolute Gasteiger partial charge is 0.275 e. The van der Waals surface area contributed by atoms with Crippen LogP contribution in [0.5, 0.6) is 0 Å². The van der Waals surface area contributed by atoms with Crippen LogP contribution in [0.3, 0.4) is 0 Å². The molecule has 0 radical (unpaired) electrons. The molecule has 0 aliphatic carbocycles. The van der Waals surface area contributed by atoms with E-state index in [0.29, 0.717) is 12.0 Å². The predicted octanol–water partition coefficient (Wildman–Crippen LogP) is 1.56. The number of benzene rings is 1. The molecule has 6 nitrogen and oxygen atoms in total. The maximum atomic E-state index is 12.9. The van der Waals surface area contributed by atoms with Crippen molar-refractivity contribution in [2.45, 2.75) is 26.3 Å². The average Bonchev–Trinajstić information content (AvgIpc) is 2.45. The molecular weight excluding hydrogens is 275 g/mol. The summed E-state index contributed by atoms with van der Waals surface area (Å²) in [6.45, 7) is 3.20. The number of H-pyrrole nitrogens is 1. The Hall–Kier alpha value is -2.57. The fraction of sp³-hybridized carbons (Fsp3) is 0.286. The molecule has 0 spiro atoms. The molecule has 1 unspecified atom stereocenters. The first-order valence-corrected chi connectivity index (χ1v) is 6.51. The topological polar surface area (TPSA) is 87.7 Å². The predicted molar refractivity (Wildman–Crippen MR) is 74.9 cm³/mol. The van der Waals surface area contributed by atoms with Crippen LogP contribution in [0.4, 0.5) is 4.39 Å². The Morgan fingerprint density at radius 3 is 2.52 bits per heavy atom. The first-order chi connectivity index (χ1) is 10.0. The van der Waals surface area contributed by atoms with Gasteiger partial charge in [0.2, 0.25) is 5.91 Å². The van der Waals surface area contributed by atoms with E-state index in [1.165, 1.54) is 31.2 Å². The van der Waals surface area contributed by atoms with E-state index < -0.39 is 11.6 Å². The summed E-state index contributed by atoms with van der Waals surface area (Å²) < 4.78 is 12.9. The molecule has 1 atom stereocenters. The molecule has 0 saturated heterocycles. The summed E-state index contributed by atoms with van der Waals surface area (Å²) >= 11 is 0. The van der Waals surface area contributed by atoms with Crippen LogP contribution < -0.4 is 10.9 Å². The van der Waals surface area contributed by atoms with Gasteiger partial charge in [-0.2, -0.15) is 0 Å². The van der Waals surface area contributed by atoms with Crippen LogP contribution in [0.25, 0.3) is 11.4 Å².